The van der Waals surface area contributed by atoms with Crippen molar-refractivity contribution in [3.8, 4) is 23.1 Å². The first kappa shape index (κ1) is 18.7. The number of urea groups is 1. The molecule has 0 spiro atoms. The first-order valence-electron chi connectivity index (χ1n) is 8.97. The first-order valence-corrected chi connectivity index (χ1v) is 9.85. The van der Waals surface area contributed by atoms with Crippen molar-refractivity contribution in [3.05, 3.63) is 75.7 Å². The summed E-state index contributed by atoms with van der Waals surface area (Å²) in [5.41, 5.74) is 5.04. The number of thiazole rings is 1. The molecule has 0 bridgehead atoms. The Balaban J connectivity index is 1.72. The standard InChI is InChI=1S/C22H18N4O2S/c1-13-19(20(26-22(27)24-13)16-7-9-17(28-2)10-8-16)21-25-18(12-29-21)15-5-3-14(11-23)4-6-15/h3-10,12,20H,1-2H3,(H2,24,26,27). The van der Waals surface area contributed by atoms with Crippen LogP contribution < -0.4 is 15.4 Å². The van der Waals surface area contributed by atoms with Crippen LogP contribution >= 0.6 is 11.3 Å². The second-order valence-corrected chi connectivity index (χ2v) is 7.43. The van der Waals surface area contributed by atoms with Crippen LogP contribution in [0.3, 0.4) is 0 Å². The van der Waals surface area contributed by atoms with Gasteiger partial charge in [0.2, 0.25) is 0 Å². The number of hydrogen-bond donors (Lipinski definition) is 2. The molecule has 0 saturated heterocycles. The number of aromatic nitrogens is 1. The van der Waals surface area contributed by atoms with E-state index >= 15 is 0 Å². The maximum Gasteiger partial charge on any atom is 0.319 e. The van der Waals surface area contributed by atoms with Gasteiger partial charge in [0.15, 0.2) is 0 Å². The number of amides is 2. The Bertz CT molecular complexity index is 1120. The molecule has 0 aliphatic carbocycles. The van der Waals surface area contributed by atoms with Crippen molar-refractivity contribution in [2.45, 2.75) is 13.0 Å². The molecule has 2 amide bonds. The summed E-state index contributed by atoms with van der Waals surface area (Å²) in [7, 11) is 1.62. The molecule has 0 saturated carbocycles. The van der Waals surface area contributed by atoms with E-state index in [4.69, 9.17) is 15.0 Å². The predicted octanol–water partition coefficient (Wildman–Crippen LogP) is 4.48. The number of ether oxygens (including phenoxy) is 1. The zero-order valence-electron chi connectivity index (χ0n) is 15.9. The van der Waals surface area contributed by atoms with Gasteiger partial charge in [0.05, 0.1) is 30.5 Å². The molecule has 0 radical (unpaired) electrons. The fourth-order valence-corrected chi connectivity index (χ4v) is 4.23. The zero-order valence-corrected chi connectivity index (χ0v) is 16.7. The summed E-state index contributed by atoms with van der Waals surface area (Å²) in [6.07, 6.45) is 0. The molecule has 0 fully saturated rings. The minimum absolute atomic E-state index is 0.240. The molecular formula is C22H18N4O2S. The summed E-state index contributed by atoms with van der Waals surface area (Å²) in [6, 6.07) is 16.5. The van der Waals surface area contributed by atoms with Gasteiger partial charge in [-0.2, -0.15) is 5.26 Å². The summed E-state index contributed by atoms with van der Waals surface area (Å²) in [6.45, 7) is 1.88. The van der Waals surface area contributed by atoms with E-state index in [-0.39, 0.29) is 12.1 Å². The monoisotopic (exact) mass is 402 g/mol. The van der Waals surface area contributed by atoms with Crippen LogP contribution in [0.15, 0.2) is 59.6 Å². The lowest BCUT2D eigenvalue weighted by atomic mass is 9.96. The lowest BCUT2D eigenvalue weighted by molar-refractivity contribution is 0.240. The smallest absolute Gasteiger partial charge is 0.319 e. The van der Waals surface area contributed by atoms with E-state index in [2.05, 4.69) is 16.7 Å². The van der Waals surface area contributed by atoms with E-state index in [1.54, 1.807) is 19.2 Å². The number of nitrogens with one attached hydrogen (secondary N) is 2. The topological polar surface area (TPSA) is 87.0 Å². The highest BCUT2D eigenvalue weighted by molar-refractivity contribution is 7.11. The SMILES string of the molecule is COc1ccc(C2NC(=O)NC(C)=C2c2nc(-c3ccc(C#N)cc3)cs2)cc1. The van der Waals surface area contributed by atoms with Crippen LogP contribution in [0.25, 0.3) is 16.8 Å². The number of allylic oxidation sites excluding steroid dienone is 1. The second-order valence-electron chi connectivity index (χ2n) is 6.57. The Hall–Kier alpha value is -3.63. The van der Waals surface area contributed by atoms with Crippen molar-refractivity contribution < 1.29 is 9.53 Å². The van der Waals surface area contributed by atoms with E-state index in [1.807, 2.05) is 48.7 Å². The first-order chi connectivity index (χ1) is 14.1. The lowest BCUT2D eigenvalue weighted by Crippen LogP contribution is -2.42. The van der Waals surface area contributed by atoms with E-state index in [0.717, 1.165) is 38.8 Å². The Kier molecular flexibility index (Phi) is 5.02. The molecule has 29 heavy (non-hydrogen) atoms. The van der Waals surface area contributed by atoms with E-state index in [0.29, 0.717) is 5.56 Å². The van der Waals surface area contributed by atoms with Crippen molar-refractivity contribution in [3.63, 3.8) is 0 Å². The van der Waals surface area contributed by atoms with Crippen LogP contribution in [0, 0.1) is 11.3 Å². The number of nitriles is 1. The summed E-state index contributed by atoms with van der Waals surface area (Å²) in [5, 5.41) is 17.6. The number of benzene rings is 2. The van der Waals surface area contributed by atoms with Crippen LogP contribution in [0.4, 0.5) is 4.79 Å². The average Bonchev–Trinajstić information content (AvgIpc) is 3.23. The van der Waals surface area contributed by atoms with Crippen molar-refractivity contribution in [1.82, 2.24) is 15.6 Å². The molecule has 2 heterocycles. The summed E-state index contributed by atoms with van der Waals surface area (Å²) in [5.74, 6) is 0.758. The maximum absolute atomic E-state index is 12.1. The number of carbonyl (C=O) groups excluding carboxylic acids is 1. The van der Waals surface area contributed by atoms with E-state index < -0.39 is 0 Å². The molecular weight excluding hydrogens is 384 g/mol. The third-order valence-electron chi connectivity index (χ3n) is 4.76. The largest absolute Gasteiger partial charge is 0.497 e. The molecule has 2 N–H and O–H groups in total. The molecule has 3 aromatic rings. The fourth-order valence-electron chi connectivity index (χ4n) is 3.27. The molecule has 1 atom stereocenters. The minimum Gasteiger partial charge on any atom is -0.497 e. The highest BCUT2D eigenvalue weighted by atomic mass is 32.1. The zero-order chi connectivity index (χ0) is 20.4. The summed E-state index contributed by atoms with van der Waals surface area (Å²) >= 11 is 1.52. The number of hydrogen-bond acceptors (Lipinski definition) is 5. The van der Waals surface area contributed by atoms with Crippen molar-refractivity contribution in [1.29, 1.82) is 5.26 Å². The molecule has 6 nitrogen and oxygen atoms in total. The molecule has 1 aliphatic rings. The molecule has 2 aromatic carbocycles. The molecule has 7 heteroatoms. The fraction of sp³-hybridized carbons (Fsp3) is 0.136. The lowest BCUT2D eigenvalue weighted by Gasteiger charge is -2.28. The van der Waals surface area contributed by atoms with Crippen LogP contribution in [0.2, 0.25) is 0 Å². The highest BCUT2D eigenvalue weighted by Crippen LogP contribution is 2.37. The number of nitrogens with zero attached hydrogens (tertiary/aromatic N) is 2. The normalized spacial score (nSPS) is 16.0. The molecule has 4 rings (SSSR count). The van der Waals surface area contributed by atoms with E-state index in [1.165, 1.54) is 11.3 Å². The van der Waals surface area contributed by atoms with Gasteiger partial charge >= 0.3 is 6.03 Å². The van der Waals surface area contributed by atoms with Crippen molar-refractivity contribution >= 4 is 22.9 Å². The Morgan fingerprint density at radius 2 is 1.86 bits per heavy atom. The van der Waals surface area contributed by atoms with Crippen LogP contribution in [-0.2, 0) is 0 Å². The van der Waals surface area contributed by atoms with Gasteiger partial charge in [-0.3, -0.25) is 0 Å². The Morgan fingerprint density at radius 3 is 2.52 bits per heavy atom. The second kappa shape index (κ2) is 7.78. The van der Waals surface area contributed by atoms with Gasteiger partial charge in [0, 0.05) is 22.2 Å². The van der Waals surface area contributed by atoms with Crippen LogP contribution in [-0.4, -0.2) is 18.1 Å². The number of methoxy groups -OCH3 is 1. The Labute approximate surface area is 172 Å². The van der Waals surface area contributed by atoms with Gasteiger partial charge in [-0.1, -0.05) is 24.3 Å². The third kappa shape index (κ3) is 3.71. The van der Waals surface area contributed by atoms with Crippen LogP contribution in [0.1, 0.15) is 29.1 Å². The van der Waals surface area contributed by atoms with Crippen molar-refractivity contribution in [2.24, 2.45) is 0 Å². The van der Waals surface area contributed by atoms with Gasteiger partial charge in [-0.25, -0.2) is 9.78 Å². The third-order valence-corrected chi connectivity index (χ3v) is 5.64. The quantitative estimate of drug-likeness (QED) is 0.674. The Morgan fingerprint density at radius 1 is 1.14 bits per heavy atom. The van der Waals surface area contributed by atoms with Crippen LogP contribution in [0.5, 0.6) is 5.75 Å². The van der Waals surface area contributed by atoms with Crippen molar-refractivity contribution in [2.75, 3.05) is 7.11 Å². The highest BCUT2D eigenvalue weighted by Gasteiger charge is 2.29. The predicted molar refractivity (Wildman–Crippen MR) is 112 cm³/mol. The molecule has 144 valence electrons. The maximum atomic E-state index is 12.1. The van der Waals surface area contributed by atoms with Gasteiger partial charge in [-0.15, -0.1) is 11.3 Å². The number of rotatable bonds is 4. The molecule has 1 unspecified atom stereocenters. The van der Waals surface area contributed by atoms with E-state index in [9.17, 15) is 4.79 Å². The molecule has 1 aromatic heterocycles. The van der Waals surface area contributed by atoms with Gasteiger partial charge in [0.25, 0.3) is 0 Å². The van der Waals surface area contributed by atoms with Gasteiger partial charge in [0.1, 0.15) is 10.8 Å². The van der Waals surface area contributed by atoms with Gasteiger partial charge < -0.3 is 15.4 Å². The number of carbonyl (C=O) groups is 1. The average molecular weight is 402 g/mol. The minimum atomic E-state index is -0.311. The van der Waals surface area contributed by atoms with Gasteiger partial charge in [-0.05, 0) is 36.8 Å². The summed E-state index contributed by atoms with van der Waals surface area (Å²) < 4.78 is 5.24. The summed E-state index contributed by atoms with van der Waals surface area (Å²) in [4.78, 5) is 16.9. The molecule has 1 aliphatic heterocycles.